The molecule has 1 unspecified atom stereocenters. The number of likely N-dealkylation sites (N-methyl/N-ethyl adjacent to an activating group) is 2. The molecular weight excluding hydrogens is 252 g/mol. The van der Waals surface area contributed by atoms with Crippen LogP contribution in [0.3, 0.4) is 0 Å². The summed E-state index contributed by atoms with van der Waals surface area (Å²) in [5, 5.41) is 3.53. The number of nitrogens with one attached hydrogen (secondary N) is 1. The Balaban J connectivity index is 2.81. The van der Waals surface area contributed by atoms with Crippen LogP contribution in [0.1, 0.15) is 44.4 Å². The lowest BCUT2D eigenvalue weighted by Gasteiger charge is -2.43. The van der Waals surface area contributed by atoms with E-state index in [9.17, 15) is 0 Å². The first kappa shape index (κ1) is 16.7. The van der Waals surface area contributed by atoms with E-state index in [1.54, 1.807) is 0 Å². The number of nitrogens with zero attached hydrogens (tertiary/aromatic N) is 1. The summed E-state index contributed by atoms with van der Waals surface area (Å²) >= 11 is 1.96. The molecule has 110 valence electrons. The van der Waals surface area contributed by atoms with Gasteiger partial charge in [0.2, 0.25) is 0 Å². The van der Waals surface area contributed by atoms with Crippen LogP contribution in [0, 0.1) is 0 Å². The third-order valence-electron chi connectivity index (χ3n) is 4.25. The van der Waals surface area contributed by atoms with Gasteiger partial charge in [-0.1, -0.05) is 20.8 Å². The first-order valence-electron chi connectivity index (χ1n) is 7.49. The normalized spacial score (nSPS) is 14.1. The SMILES string of the molecule is CCc1ccc(CC(NC)C(C)(C)N(CC)CC)s1. The van der Waals surface area contributed by atoms with Crippen molar-refractivity contribution in [3.63, 3.8) is 0 Å². The summed E-state index contributed by atoms with van der Waals surface area (Å²) in [5.74, 6) is 0. The number of hydrogen-bond acceptors (Lipinski definition) is 3. The van der Waals surface area contributed by atoms with Crippen LogP contribution < -0.4 is 5.32 Å². The minimum absolute atomic E-state index is 0.175. The van der Waals surface area contributed by atoms with Crippen molar-refractivity contribution in [3.8, 4) is 0 Å². The Hall–Kier alpha value is -0.380. The summed E-state index contributed by atoms with van der Waals surface area (Å²) in [6, 6.07) is 5.05. The van der Waals surface area contributed by atoms with Crippen LogP contribution >= 0.6 is 11.3 Å². The van der Waals surface area contributed by atoms with E-state index < -0.39 is 0 Å². The average Bonchev–Trinajstić information content (AvgIpc) is 2.84. The maximum Gasteiger partial charge on any atom is 0.0309 e. The molecule has 0 bridgehead atoms. The van der Waals surface area contributed by atoms with Crippen LogP contribution in [0.5, 0.6) is 0 Å². The maximum absolute atomic E-state index is 3.53. The molecule has 19 heavy (non-hydrogen) atoms. The van der Waals surface area contributed by atoms with Crippen molar-refractivity contribution in [1.82, 2.24) is 10.2 Å². The van der Waals surface area contributed by atoms with Gasteiger partial charge in [0, 0.05) is 21.3 Å². The smallest absolute Gasteiger partial charge is 0.0309 e. The van der Waals surface area contributed by atoms with Crippen molar-refractivity contribution in [2.75, 3.05) is 20.1 Å². The Kier molecular flexibility index (Phi) is 6.51. The lowest BCUT2D eigenvalue weighted by Crippen LogP contribution is -2.57. The molecule has 2 nitrogen and oxygen atoms in total. The van der Waals surface area contributed by atoms with Gasteiger partial charge in [0.1, 0.15) is 0 Å². The number of thiophene rings is 1. The minimum Gasteiger partial charge on any atom is -0.315 e. The zero-order valence-electron chi connectivity index (χ0n) is 13.4. The second kappa shape index (κ2) is 7.41. The van der Waals surface area contributed by atoms with Crippen LogP contribution in [-0.2, 0) is 12.8 Å². The average molecular weight is 282 g/mol. The van der Waals surface area contributed by atoms with Gasteiger partial charge in [0.15, 0.2) is 0 Å². The first-order chi connectivity index (χ1) is 8.99. The predicted octanol–water partition coefficient (Wildman–Crippen LogP) is 3.56. The largest absolute Gasteiger partial charge is 0.315 e. The standard InChI is InChI=1S/C16H30N2S/c1-7-13-10-11-14(19-13)12-15(17-6)16(4,5)18(8-2)9-3/h10-11,15,17H,7-9,12H2,1-6H3. The van der Waals surface area contributed by atoms with E-state index in [0.29, 0.717) is 6.04 Å². The molecule has 1 aromatic heterocycles. The van der Waals surface area contributed by atoms with Gasteiger partial charge in [0.25, 0.3) is 0 Å². The Morgan fingerprint density at radius 3 is 2.16 bits per heavy atom. The molecule has 0 saturated carbocycles. The highest BCUT2D eigenvalue weighted by atomic mass is 32.1. The van der Waals surface area contributed by atoms with Crippen LogP contribution in [-0.4, -0.2) is 36.6 Å². The highest BCUT2D eigenvalue weighted by Crippen LogP contribution is 2.25. The molecule has 1 aromatic rings. The minimum atomic E-state index is 0.175. The summed E-state index contributed by atoms with van der Waals surface area (Å²) in [5.41, 5.74) is 0.175. The van der Waals surface area contributed by atoms with Gasteiger partial charge in [0.05, 0.1) is 0 Å². The van der Waals surface area contributed by atoms with E-state index in [4.69, 9.17) is 0 Å². The molecule has 0 spiro atoms. The summed E-state index contributed by atoms with van der Waals surface area (Å²) < 4.78 is 0. The molecule has 1 rings (SSSR count). The van der Waals surface area contributed by atoms with Crippen molar-refractivity contribution in [3.05, 3.63) is 21.9 Å². The summed E-state index contributed by atoms with van der Waals surface area (Å²) in [4.78, 5) is 5.53. The van der Waals surface area contributed by atoms with Crippen molar-refractivity contribution in [2.24, 2.45) is 0 Å². The third kappa shape index (κ3) is 4.04. The van der Waals surface area contributed by atoms with Crippen LogP contribution in [0.15, 0.2) is 12.1 Å². The molecule has 3 heteroatoms. The molecule has 0 aliphatic carbocycles. The van der Waals surface area contributed by atoms with E-state index in [1.165, 1.54) is 9.75 Å². The van der Waals surface area contributed by atoms with Crippen molar-refractivity contribution in [1.29, 1.82) is 0 Å². The van der Waals surface area contributed by atoms with Gasteiger partial charge in [-0.05, 0) is 59.0 Å². The molecule has 0 aliphatic heterocycles. The van der Waals surface area contributed by atoms with Gasteiger partial charge in [-0.15, -0.1) is 11.3 Å². The van der Waals surface area contributed by atoms with Gasteiger partial charge in [-0.25, -0.2) is 0 Å². The van der Waals surface area contributed by atoms with E-state index in [0.717, 1.165) is 25.9 Å². The zero-order valence-corrected chi connectivity index (χ0v) is 14.2. The summed E-state index contributed by atoms with van der Waals surface area (Å²) in [6.45, 7) is 13.6. The zero-order chi connectivity index (χ0) is 14.5. The fourth-order valence-corrected chi connectivity index (χ4v) is 3.89. The summed E-state index contributed by atoms with van der Waals surface area (Å²) in [6.07, 6.45) is 2.26. The molecule has 1 atom stereocenters. The van der Waals surface area contributed by atoms with E-state index in [2.05, 4.69) is 64.0 Å². The summed E-state index contributed by atoms with van der Waals surface area (Å²) in [7, 11) is 2.09. The third-order valence-corrected chi connectivity index (χ3v) is 5.50. The Bertz CT molecular complexity index is 367. The maximum atomic E-state index is 3.53. The predicted molar refractivity (Wildman–Crippen MR) is 87.2 cm³/mol. The Labute approximate surface area is 123 Å². The van der Waals surface area contributed by atoms with E-state index in [-0.39, 0.29) is 5.54 Å². The fourth-order valence-electron chi connectivity index (χ4n) is 2.89. The molecule has 1 N–H and O–H groups in total. The first-order valence-corrected chi connectivity index (χ1v) is 8.31. The lowest BCUT2D eigenvalue weighted by atomic mass is 9.89. The Morgan fingerprint density at radius 1 is 1.16 bits per heavy atom. The topological polar surface area (TPSA) is 15.3 Å². The molecule has 0 amide bonds. The second-order valence-electron chi connectivity index (χ2n) is 5.59. The van der Waals surface area contributed by atoms with Crippen LogP contribution in [0.4, 0.5) is 0 Å². The van der Waals surface area contributed by atoms with Crippen molar-refractivity contribution in [2.45, 2.75) is 59.0 Å². The number of rotatable bonds is 8. The molecule has 0 saturated heterocycles. The molecule has 0 aromatic carbocycles. The molecule has 0 fully saturated rings. The lowest BCUT2D eigenvalue weighted by molar-refractivity contribution is 0.0947. The second-order valence-corrected chi connectivity index (χ2v) is 6.85. The van der Waals surface area contributed by atoms with Gasteiger partial charge in [-0.3, -0.25) is 4.90 Å². The number of aryl methyl sites for hydroxylation is 1. The molecular formula is C16H30N2S. The van der Waals surface area contributed by atoms with Gasteiger partial charge in [-0.2, -0.15) is 0 Å². The van der Waals surface area contributed by atoms with Gasteiger partial charge >= 0.3 is 0 Å². The molecule has 0 aliphatic rings. The quantitative estimate of drug-likeness (QED) is 0.784. The number of hydrogen-bond donors (Lipinski definition) is 1. The fraction of sp³-hybridized carbons (Fsp3) is 0.750. The van der Waals surface area contributed by atoms with Crippen molar-refractivity contribution < 1.29 is 0 Å². The van der Waals surface area contributed by atoms with E-state index in [1.807, 2.05) is 11.3 Å². The monoisotopic (exact) mass is 282 g/mol. The van der Waals surface area contributed by atoms with Crippen molar-refractivity contribution >= 4 is 11.3 Å². The van der Waals surface area contributed by atoms with Crippen LogP contribution in [0.2, 0.25) is 0 Å². The molecule has 1 heterocycles. The van der Waals surface area contributed by atoms with Gasteiger partial charge < -0.3 is 5.32 Å². The highest BCUT2D eigenvalue weighted by molar-refractivity contribution is 7.11. The Morgan fingerprint density at radius 2 is 1.74 bits per heavy atom. The highest BCUT2D eigenvalue weighted by Gasteiger charge is 2.33. The van der Waals surface area contributed by atoms with Crippen LogP contribution in [0.25, 0.3) is 0 Å². The molecule has 0 radical (unpaired) electrons. The van der Waals surface area contributed by atoms with E-state index >= 15 is 0 Å².